The van der Waals surface area contributed by atoms with Crippen LogP contribution in [-0.4, -0.2) is 46.9 Å². The molecular weight excluding hydrogens is 260 g/mol. The number of aromatic nitrogens is 1. The standard InChI is InChI=1S/C14H22N2O4/c1-10-13(11(2)20-15-10)9-16(6-5-14(17)18)8-12-4-3-7-19-12/h12H,3-9H2,1-2H3,(H,17,18). The number of carboxylic acids is 1. The van der Waals surface area contributed by atoms with Gasteiger partial charge in [-0.3, -0.25) is 9.69 Å². The van der Waals surface area contributed by atoms with Crippen molar-refractivity contribution >= 4 is 5.97 Å². The molecule has 0 bridgehead atoms. The number of hydrogen-bond donors (Lipinski definition) is 1. The highest BCUT2D eigenvalue weighted by Gasteiger charge is 2.21. The van der Waals surface area contributed by atoms with Crippen LogP contribution in [0.3, 0.4) is 0 Å². The molecule has 0 radical (unpaired) electrons. The van der Waals surface area contributed by atoms with Crippen LogP contribution >= 0.6 is 0 Å². The number of carboxylic acid groups (broad SMARTS) is 1. The number of aliphatic carboxylic acids is 1. The lowest BCUT2D eigenvalue weighted by Gasteiger charge is -2.24. The van der Waals surface area contributed by atoms with Crippen LogP contribution in [0.4, 0.5) is 0 Å². The normalized spacial score (nSPS) is 18.9. The lowest BCUT2D eigenvalue weighted by molar-refractivity contribution is -0.137. The summed E-state index contributed by atoms with van der Waals surface area (Å²) in [6, 6.07) is 0. The zero-order valence-corrected chi connectivity index (χ0v) is 12.1. The summed E-state index contributed by atoms with van der Waals surface area (Å²) in [6.07, 6.45) is 2.48. The molecule has 1 aromatic rings. The second-order valence-corrected chi connectivity index (χ2v) is 5.32. The molecule has 2 rings (SSSR count). The predicted molar refractivity (Wildman–Crippen MR) is 72.5 cm³/mol. The topological polar surface area (TPSA) is 75.8 Å². The van der Waals surface area contributed by atoms with E-state index >= 15 is 0 Å². The first-order valence-electron chi connectivity index (χ1n) is 7.03. The quantitative estimate of drug-likeness (QED) is 0.821. The maximum Gasteiger partial charge on any atom is 0.304 e. The molecule has 0 amide bonds. The number of aryl methyl sites for hydroxylation is 2. The third-order valence-electron chi connectivity index (χ3n) is 3.69. The second-order valence-electron chi connectivity index (χ2n) is 5.32. The summed E-state index contributed by atoms with van der Waals surface area (Å²) in [4.78, 5) is 12.9. The molecule has 1 unspecified atom stereocenters. The Morgan fingerprint density at radius 3 is 2.85 bits per heavy atom. The van der Waals surface area contributed by atoms with E-state index in [4.69, 9.17) is 14.4 Å². The van der Waals surface area contributed by atoms with Gasteiger partial charge in [0.15, 0.2) is 0 Å². The fourth-order valence-corrected chi connectivity index (χ4v) is 2.52. The Kier molecular flexibility index (Phi) is 5.14. The molecule has 20 heavy (non-hydrogen) atoms. The smallest absolute Gasteiger partial charge is 0.304 e. The Morgan fingerprint density at radius 2 is 2.30 bits per heavy atom. The molecule has 2 heterocycles. The number of ether oxygens (including phenoxy) is 1. The van der Waals surface area contributed by atoms with Gasteiger partial charge in [-0.2, -0.15) is 0 Å². The van der Waals surface area contributed by atoms with Crippen LogP contribution in [-0.2, 0) is 16.1 Å². The number of rotatable bonds is 7. The number of nitrogens with zero attached hydrogens (tertiary/aromatic N) is 2. The van der Waals surface area contributed by atoms with E-state index < -0.39 is 5.97 Å². The molecular formula is C14H22N2O4. The van der Waals surface area contributed by atoms with Crippen LogP contribution in [0.1, 0.15) is 36.3 Å². The van der Waals surface area contributed by atoms with E-state index in [-0.39, 0.29) is 12.5 Å². The highest BCUT2D eigenvalue weighted by atomic mass is 16.5. The van der Waals surface area contributed by atoms with E-state index in [1.165, 1.54) is 0 Å². The van der Waals surface area contributed by atoms with Crippen molar-refractivity contribution < 1.29 is 19.2 Å². The first-order chi connectivity index (χ1) is 9.56. The van der Waals surface area contributed by atoms with Gasteiger partial charge in [0.05, 0.1) is 18.2 Å². The monoisotopic (exact) mass is 282 g/mol. The fraction of sp³-hybridized carbons (Fsp3) is 0.714. The van der Waals surface area contributed by atoms with Gasteiger partial charge in [-0.15, -0.1) is 0 Å². The van der Waals surface area contributed by atoms with Crippen LogP contribution in [0, 0.1) is 13.8 Å². The predicted octanol–water partition coefficient (Wildman–Crippen LogP) is 1.75. The Morgan fingerprint density at radius 1 is 1.50 bits per heavy atom. The van der Waals surface area contributed by atoms with Gasteiger partial charge in [-0.25, -0.2) is 0 Å². The molecule has 1 atom stereocenters. The summed E-state index contributed by atoms with van der Waals surface area (Å²) in [5.41, 5.74) is 1.92. The first-order valence-corrected chi connectivity index (χ1v) is 7.03. The van der Waals surface area contributed by atoms with Crippen molar-refractivity contribution in [2.24, 2.45) is 0 Å². The summed E-state index contributed by atoms with van der Waals surface area (Å²) in [7, 11) is 0. The molecule has 0 spiro atoms. The van der Waals surface area contributed by atoms with Crippen LogP contribution in [0.15, 0.2) is 4.52 Å². The van der Waals surface area contributed by atoms with Gasteiger partial charge in [0.1, 0.15) is 5.76 Å². The third-order valence-corrected chi connectivity index (χ3v) is 3.69. The SMILES string of the molecule is Cc1noc(C)c1CN(CCC(=O)O)CC1CCCO1. The van der Waals surface area contributed by atoms with E-state index in [0.29, 0.717) is 13.1 Å². The minimum atomic E-state index is -0.777. The van der Waals surface area contributed by atoms with Crippen LogP contribution in [0.5, 0.6) is 0 Å². The van der Waals surface area contributed by atoms with Crippen molar-refractivity contribution in [3.63, 3.8) is 0 Å². The van der Waals surface area contributed by atoms with Gasteiger partial charge in [0, 0.05) is 31.8 Å². The molecule has 1 fully saturated rings. The van der Waals surface area contributed by atoms with Gasteiger partial charge in [0.2, 0.25) is 0 Å². The Labute approximate surface area is 118 Å². The minimum Gasteiger partial charge on any atom is -0.481 e. The fourth-order valence-electron chi connectivity index (χ4n) is 2.52. The molecule has 1 N–H and O–H groups in total. The molecule has 6 heteroatoms. The minimum absolute atomic E-state index is 0.135. The zero-order valence-electron chi connectivity index (χ0n) is 12.1. The lowest BCUT2D eigenvalue weighted by atomic mass is 10.1. The van der Waals surface area contributed by atoms with E-state index in [0.717, 1.165) is 43.0 Å². The van der Waals surface area contributed by atoms with Crippen molar-refractivity contribution in [2.45, 2.75) is 45.8 Å². The second kappa shape index (κ2) is 6.85. The molecule has 112 valence electrons. The average molecular weight is 282 g/mol. The Hall–Kier alpha value is -1.40. The van der Waals surface area contributed by atoms with Crippen molar-refractivity contribution in [2.75, 3.05) is 19.7 Å². The van der Waals surface area contributed by atoms with Crippen molar-refractivity contribution in [3.05, 3.63) is 17.0 Å². The summed E-state index contributed by atoms with van der Waals surface area (Å²) >= 11 is 0. The van der Waals surface area contributed by atoms with E-state index in [1.54, 1.807) is 0 Å². The summed E-state index contributed by atoms with van der Waals surface area (Å²) in [5, 5.41) is 12.8. The highest BCUT2D eigenvalue weighted by molar-refractivity contribution is 5.66. The van der Waals surface area contributed by atoms with Crippen LogP contribution in [0.25, 0.3) is 0 Å². The molecule has 1 aliphatic rings. The Bertz CT molecular complexity index is 433. The molecule has 1 aromatic heterocycles. The first kappa shape index (κ1) is 15.0. The van der Waals surface area contributed by atoms with Gasteiger partial charge >= 0.3 is 5.97 Å². The molecule has 0 aliphatic carbocycles. The van der Waals surface area contributed by atoms with E-state index in [1.807, 2.05) is 13.8 Å². The average Bonchev–Trinajstić information content (AvgIpc) is 3.00. The van der Waals surface area contributed by atoms with Gasteiger partial charge < -0.3 is 14.4 Å². The molecule has 0 aromatic carbocycles. The van der Waals surface area contributed by atoms with Crippen LogP contribution in [0.2, 0.25) is 0 Å². The van der Waals surface area contributed by atoms with Crippen LogP contribution < -0.4 is 0 Å². The van der Waals surface area contributed by atoms with Gasteiger partial charge in [-0.1, -0.05) is 5.16 Å². The van der Waals surface area contributed by atoms with Gasteiger partial charge in [-0.05, 0) is 26.7 Å². The maximum absolute atomic E-state index is 10.8. The zero-order chi connectivity index (χ0) is 14.5. The lowest BCUT2D eigenvalue weighted by Crippen LogP contribution is -2.33. The summed E-state index contributed by atoms with van der Waals surface area (Å²) in [6.45, 7) is 6.54. The van der Waals surface area contributed by atoms with Crippen molar-refractivity contribution in [1.29, 1.82) is 0 Å². The van der Waals surface area contributed by atoms with E-state index in [9.17, 15) is 4.79 Å². The van der Waals surface area contributed by atoms with Crippen molar-refractivity contribution in [3.8, 4) is 0 Å². The maximum atomic E-state index is 10.8. The molecule has 1 saturated heterocycles. The highest BCUT2D eigenvalue weighted by Crippen LogP contribution is 2.18. The molecule has 1 aliphatic heterocycles. The van der Waals surface area contributed by atoms with E-state index in [2.05, 4.69) is 10.1 Å². The number of carbonyl (C=O) groups is 1. The summed E-state index contributed by atoms with van der Waals surface area (Å²) in [5.74, 6) is 0.0243. The Balaban J connectivity index is 1.99. The molecule has 0 saturated carbocycles. The third kappa shape index (κ3) is 4.05. The summed E-state index contributed by atoms with van der Waals surface area (Å²) < 4.78 is 10.8. The largest absolute Gasteiger partial charge is 0.481 e. The molecule has 6 nitrogen and oxygen atoms in total. The number of hydrogen-bond acceptors (Lipinski definition) is 5. The van der Waals surface area contributed by atoms with Gasteiger partial charge in [0.25, 0.3) is 0 Å². The van der Waals surface area contributed by atoms with Crippen molar-refractivity contribution in [1.82, 2.24) is 10.1 Å².